The number of aliphatic hydroxyl groups excluding tert-OH is 7. The van der Waals surface area contributed by atoms with Crippen molar-refractivity contribution in [1.82, 2.24) is 0 Å². The summed E-state index contributed by atoms with van der Waals surface area (Å²) in [6.07, 6.45) is -15.6. The van der Waals surface area contributed by atoms with Crippen molar-refractivity contribution in [3.63, 3.8) is 0 Å². The number of hydrogen-bond acceptors (Lipinski definition) is 12. The van der Waals surface area contributed by atoms with E-state index in [1.165, 1.54) is 0 Å². The zero-order valence-corrected chi connectivity index (χ0v) is 13.9. The van der Waals surface area contributed by atoms with Gasteiger partial charge in [0.2, 0.25) is 6.29 Å². The zero-order chi connectivity index (χ0) is 19.6. The first-order valence-electron chi connectivity index (χ1n) is 7.96. The summed E-state index contributed by atoms with van der Waals surface area (Å²) in [6.45, 7) is -0.328. The highest BCUT2D eigenvalue weighted by molar-refractivity contribution is 5.66. The van der Waals surface area contributed by atoms with Gasteiger partial charge >= 0.3 is 5.97 Å². The van der Waals surface area contributed by atoms with E-state index in [1.807, 2.05) is 0 Å². The first-order chi connectivity index (χ1) is 12.2. The van der Waals surface area contributed by atoms with Crippen LogP contribution in [0.2, 0.25) is 0 Å². The lowest BCUT2D eigenvalue weighted by molar-refractivity contribution is -0.355. The van der Waals surface area contributed by atoms with Crippen LogP contribution in [0.5, 0.6) is 0 Å². The molecule has 152 valence electrons. The summed E-state index contributed by atoms with van der Waals surface area (Å²) < 4.78 is 20.4. The Labute approximate surface area is 148 Å². The SMILES string of the molecule is CC(=O)O[C@@H]1O[C@H](CO)[C@@H](O[C@H]2O[C@H](CO)[C@@H](O)[C@H](O)[C@H]2O)[C@H](O)[C@H]1O. The molecule has 0 aromatic rings. The summed E-state index contributed by atoms with van der Waals surface area (Å²) in [5.41, 5.74) is 0. The fraction of sp³-hybridized carbons (Fsp3) is 0.929. The van der Waals surface area contributed by atoms with Crippen LogP contribution in [0.4, 0.5) is 0 Å². The van der Waals surface area contributed by atoms with Gasteiger partial charge in [0.05, 0.1) is 13.2 Å². The monoisotopic (exact) mass is 384 g/mol. The molecule has 2 fully saturated rings. The Balaban J connectivity index is 2.12. The summed E-state index contributed by atoms with van der Waals surface area (Å²) in [6, 6.07) is 0. The minimum Gasteiger partial charge on any atom is -0.433 e. The molecule has 0 bridgehead atoms. The molecule has 2 aliphatic heterocycles. The van der Waals surface area contributed by atoms with Gasteiger partial charge in [-0.25, -0.2) is 0 Å². The molecule has 0 aromatic carbocycles. The maximum absolute atomic E-state index is 11.0. The van der Waals surface area contributed by atoms with Gasteiger partial charge in [-0.05, 0) is 0 Å². The molecule has 0 amide bonds. The third kappa shape index (κ3) is 4.31. The molecular formula is C14H24O12. The predicted molar refractivity (Wildman–Crippen MR) is 78.2 cm³/mol. The van der Waals surface area contributed by atoms with Crippen molar-refractivity contribution < 1.29 is 59.5 Å². The highest BCUT2D eigenvalue weighted by atomic mass is 16.7. The lowest BCUT2D eigenvalue weighted by Gasteiger charge is -2.45. The molecule has 0 aromatic heterocycles. The van der Waals surface area contributed by atoms with Gasteiger partial charge in [0.15, 0.2) is 6.29 Å². The number of ether oxygens (including phenoxy) is 4. The molecule has 7 N–H and O–H groups in total. The van der Waals surface area contributed by atoms with Crippen LogP contribution in [-0.2, 0) is 23.7 Å². The molecule has 2 saturated heterocycles. The summed E-state index contributed by atoms with van der Waals surface area (Å²) in [5.74, 6) is -0.786. The summed E-state index contributed by atoms with van der Waals surface area (Å²) in [4.78, 5) is 11.0. The van der Waals surface area contributed by atoms with E-state index in [-0.39, 0.29) is 0 Å². The molecule has 0 radical (unpaired) electrons. The predicted octanol–water partition coefficient (Wildman–Crippen LogP) is -4.83. The van der Waals surface area contributed by atoms with Crippen LogP contribution >= 0.6 is 0 Å². The fourth-order valence-electron chi connectivity index (χ4n) is 2.82. The Hall–Kier alpha value is -0.930. The van der Waals surface area contributed by atoms with Gasteiger partial charge < -0.3 is 54.7 Å². The summed E-state index contributed by atoms with van der Waals surface area (Å²) in [7, 11) is 0. The van der Waals surface area contributed by atoms with E-state index >= 15 is 0 Å². The lowest BCUT2D eigenvalue weighted by atomic mass is 9.97. The maximum atomic E-state index is 11.0. The fourth-order valence-corrected chi connectivity index (χ4v) is 2.82. The molecule has 2 aliphatic rings. The van der Waals surface area contributed by atoms with E-state index in [0.29, 0.717) is 0 Å². The molecule has 0 spiro atoms. The van der Waals surface area contributed by atoms with Crippen molar-refractivity contribution in [1.29, 1.82) is 0 Å². The van der Waals surface area contributed by atoms with Gasteiger partial charge in [-0.15, -0.1) is 0 Å². The topological polar surface area (TPSA) is 196 Å². The van der Waals surface area contributed by atoms with Crippen LogP contribution in [0, 0.1) is 0 Å². The first kappa shape index (κ1) is 21.4. The van der Waals surface area contributed by atoms with Crippen LogP contribution in [0.1, 0.15) is 6.92 Å². The van der Waals surface area contributed by atoms with Crippen molar-refractivity contribution in [2.75, 3.05) is 13.2 Å². The third-order valence-electron chi connectivity index (χ3n) is 4.24. The molecule has 26 heavy (non-hydrogen) atoms. The molecule has 12 nitrogen and oxygen atoms in total. The third-order valence-corrected chi connectivity index (χ3v) is 4.24. The number of aliphatic hydroxyl groups is 7. The Morgan fingerprint density at radius 3 is 1.88 bits per heavy atom. The first-order valence-corrected chi connectivity index (χ1v) is 7.96. The van der Waals surface area contributed by atoms with E-state index in [9.17, 15) is 35.4 Å². The van der Waals surface area contributed by atoms with Gasteiger partial charge in [0.25, 0.3) is 0 Å². The largest absolute Gasteiger partial charge is 0.433 e. The summed E-state index contributed by atoms with van der Waals surface area (Å²) >= 11 is 0. The van der Waals surface area contributed by atoms with E-state index in [0.717, 1.165) is 6.92 Å². The highest BCUT2D eigenvalue weighted by Gasteiger charge is 2.51. The molecule has 10 atom stereocenters. The smallest absolute Gasteiger partial charge is 0.305 e. The molecule has 2 heterocycles. The minimum atomic E-state index is -1.75. The number of carbonyl (C=O) groups is 1. The van der Waals surface area contributed by atoms with Crippen molar-refractivity contribution in [2.24, 2.45) is 0 Å². The average molecular weight is 384 g/mol. The van der Waals surface area contributed by atoms with Crippen molar-refractivity contribution in [2.45, 2.75) is 68.3 Å². The number of carbonyl (C=O) groups excluding carboxylic acids is 1. The van der Waals surface area contributed by atoms with Crippen LogP contribution < -0.4 is 0 Å². The molecular weight excluding hydrogens is 360 g/mol. The van der Waals surface area contributed by atoms with Crippen LogP contribution in [0.25, 0.3) is 0 Å². The number of hydrogen-bond donors (Lipinski definition) is 7. The maximum Gasteiger partial charge on any atom is 0.305 e. The minimum absolute atomic E-state index is 0.685. The molecule has 0 unspecified atom stereocenters. The van der Waals surface area contributed by atoms with E-state index < -0.39 is 80.6 Å². The second kappa shape index (κ2) is 8.84. The van der Waals surface area contributed by atoms with Crippen molar-refractivity contribution >= 4 is 5.97 Å². The summed E-state index contributed by atoms with van der Waals surface area (Å²) in [5, 5.41) is 68.3. The van der Waals surface area contributed by atoms with Crippen LogP contribution in [-0.4, -0.2) is 116 Å². The second-order valence-electron chi connectivity index (χ2n) is 6.11. The zero-order valence-electron chi connectivity index (χ0n) is 13.9. The quantitative estimate of drug-likeness (QED) is 0.224. The van der Waals surface area contributed by atoms with E-state index in [2.05, 4.69) is 0 Å². The number of rotatable bonds is 5. The van der Waals surface area contributed by atoms with Gasteiger partial charge in [-0.3, -0.25) is 4.79 Å². The van der Waals surface area contributed by atoms with Crippen molar-refractivity contribution in [3.05, 3.63) is 0 Å². The molecule has 0 aliphatic carbocycles. The second-order valence-corrected chi connectivity index (χ2v) is 6.11. The van der Waals surface area contributed by atoms with E-state index in [1.54, 1.807) is 0 Å². The van der Waals surface area contributed by atoms with Crippen LogP contribution in [0.3, 0.4) is 0 Å². The van der Waals surface area contributed by atoms with E-state index in [4.69, 9.17) is 24.1 Å². The lowest BCUT2D eigenvalue weighted by Crippen LogP contribution is -2.64. The van der Waals surface area contributed by atoms with Gasteiger partial charge in [0, 0.05) is 6.92 Å². The Morgan fingerprint density at radius 1 is 0.808 bits per heavy atom. The highest BCUT2D eigenvalue weighted by Crippen LogP contribution is 2.29. The molecule has 0 saturated carbocycles. The van der Waals surface area contributed by atoms with Crippen molar-refractivity contribution in [3.8, 4) is 0 Å². The Kier molecular flexibility index (Phi) is 7.27. The molecule has 2 rings (SSSR count). The average Bonchev–Trinajstić information content (AvgIpc) is 2.60. The Morgan fingerprint density at radius 2 is 1.35 bits per heavy atom. The van der Waals surface area contributed by atoms with Gasteiger partial charge in [0.1, 0.15) is 48.8 Å². The normalized spacial score (nSPS) is 46.8. The Bertz CT molecular complexity index is 471. The van der Waals surface area contributed by atoms with Crippen LogP contribution in [0.15, 0.2) is 0 Å². The van der Waals surface area contributed by atoms with Gasteiger partial charge in [-0.2, -0.15) is 0 Å². The molecule has 12 heteroatoms. The number of esters is 1. The van der Waals surface area contributed by atoms with Gasteiger partial charge in [-0.1, -0.05) is 0 Å². The standard InChI is InChI=1S/C14H24O12/c1-4(17)23-13-11(22)9(20)12(6(3-16)25-13)26-14-10(21)8(19)7(18)5(2-15)24-14/h5-16,18-22H,2-3H2,1H3/t5-,6-,7-,8+,9-,10-,11-,12-,13-,14-/m1/s1.